The first-order valence-corrected chi connectivity index (χ1v) is 10.3. The molecule has 1 saturated heterocycles. The molecular formula is C21H27ClN4O2. The number of pyridine rings is 2. The fraction of sp³-hybridized carbons (Fsp3) is 0.524. The SMILES string of the molecule is CC1(O)CCC(Nc2cc(Cl)ncc2-c2cc(CN3CC(O)C3)ccn2)CC1. The minimum Gasteiger partial charge on any atom is -0.390 e. The predicted molar refractivity (Wildman–Crippen MR) is 110 cm³/mol. The standard InChI is InChI=1S/C21H27ClN4O2/c1-21(28)5-2-15(3-6-21)25-19-9-20(22)24-10-17(19)18-8-14(4-7-23-18)11-26-12-16(27)13-26/h4,7-10,15-16,27-28H,2-3,5-6,11-13H2,1H3,(H,24,25). The van der Waals surface area contributed by atoms with Crippen LogP contribution in [0.5, 0.6) is 0 Å². The number of nitrogens with one attached hydrogen (secondary N) is 1. The molecule has 0 atom stereocenters. The second-order valence-electron chi connectivity index (χ2n) is 8.37. The summed E-state index contributed by atoms with van der Waals surface area (Å²) in [6.07, 6.45) is 6.78. The van der Waals surface area contributed by atoms with Crippen molar-refractivity contribution in [2.45, 2.75) is 56.9 Å². The van der Waals surface area contributed by atoms with Crippen molar-refractivity contribution in [1.82, 2.24) is 14.9 Å². The molecule has 3 heterocycles. The molecule has 2 aromatic rings. The molecule has 0 radical (unpaired) electrons. The van der Waals surface area contributed by atoms with E-state index in [1.807, 2.05) is 25.3 Å². The third kappa shape index (κ3) is 4.63. The van der Waals surface area contributed by atoms with Crippen LogP contribution in [0.1, 0.15) is 38.2 Å². The predicted octanol–water partition coefficient (Wildman–Crippen LogP) is 3.08. The third-order valence-electron chi connectivity index (χ3n) is 5.74. The Labute approximate surface area is 170 Å². The molecule has 2 fully saturated rings. The van der Waals surface area contributed by atoms with Crippen molar-refractivity contribution in [3.63, 3.8) is 0 Å². The molecule has 2 aliphatic rings. The van der Waals surface area contributed by atoms with E-state index in [2.05, 4.69) is 26.3 Å². The van der Waals surface area contributed by atoms with Crippen molar-refractivity contribution in [3.8, 4) is 11.3 Å². The maximum atomic E-state index is 10.2. The minimum atomic E-state index is -0.558. The van der Waals surface area contributed by atoms with Crippen molar-refractivity contribution in [3.05, 3.63) is 41.3 Å². The van der Waals surface area contributed by atoms with Crippen molar-refractivity contribution < 1.29 is 10.2 Å². The fourth-order valence-corrected chi connectivity index (χ4v) is 4.17. The maximum absolute atomic E-state index is 10.2. The highest BCUT2D eigenvalue weighted by Crippen LogP contribution is 2.33. The van der Waals surface area contributed by atoms with Crippen LogP contribution in [0, 0.1) is 0 Å². The molecular weight excluding hydrogens is 376 g/mol. The number of halogens is 1. The Hall–Kier alpha value is -1.73. The molecule has 1 aliphatic carbocycles. The zero-order valence-electron chi connectivity index (χ0n) is 16.1. The highest BCUT2D eigenvalue weighted by Gasteiger charge is 2.29. The van der Waals surface area contributed by atoms with Gasteiger partial charge in [-0.3, -0.25) is 9.88 Å². The zero-order chi connectivity index (χ0) is 19.7. The highest BCUT2D eigenvalue weighted by molar-refractivity contribution is 6.29. The van der Waals surface area contributed by atoms with Crippen molar-refractivity contribution >= 4 is 17.3 Å². The number of hydrogen-bond acceptors (Lipinski definition) is 6. The van der Waals surface area contributed by atoms with E-state index in [-0.39, 0.29) is 6.10 Å². The molecule has 4 rings (SSSR count). The lowest BCUT2D eigenvalue weighted by atomic mass is 9.83. The van der Waals surface area contributed by atoms with Gasteiger partial charge in [0.1, 0.15) is 5.15 Å². The summed E-state index contributed by atoms with van der Waals surface area (Å²) in [7, 11) is 0. The smallest absolute Gasteiger partial charge is 0.131 e. The van der Waals surface area contributed by atoms with E-state index in [1.165, 1.54) is 0 Å². The van der Waals surface area contributed by atoms with E-state index in [1.54, 1.807) is 6.20 Å². The van der Waals surface area contributed by atoms with Crippen molar-refractivity contribution in [2.75, 3.05) is 18.4 Å². The van der Waals surface area contributed by atoms with Crippen LogP contribution < -0.4 is 5.32 Å². The summed E-state index contributed by atoms with van der Waals surface area (Å²) < 4.78 is 0. The van der Waals surface area contributed by atoms with Crippen LogP contribution in [0.3, 0.4) is 0 Å². The van der Waals surface area contributed by atoms with Crippen molar-refractivity contribution in [2.24, 2.45) is 0 Å². The number of β-amino-alcohol motifs (C(OH)–C–C–N with tert-alkyl or cyclic N) is 1. The number of rotatable bonds is 5. The summed E-state index contributed by atoms with van der Waals surface area (Å²) in [5.41, 5.74) is 3.30. The van der Waals surface area contributed by atoms with Gasteiger partial charge in [-0.25, -0.2) is 4.98 Å². The second kappa shape index (κ2) is 7.95. The molecule has 0 aromatic carbocycles. The molecule has 0 unspecified atom stereocenters. The van der Waals surface area contributed by atoms with Gasteiger partial charge in [0, 0.05) is 49.3 Å². The average Bonchev–Trinajstić information content (AvgIpc) is 2.63. The largest absolute Gasteiger partial charge is 0.390 e. The van der Waals surface area contributed by atoms with E-state index >= 15 is 0 Å². The molecule has 1 saturated carbocycles. The Morgan fingerprint density at radius 3 is 2.71 bits per heavy atom. The quantitative estimate of drug-likeness (QED) is 0.667. The fourth-order valence-electron chi connectivity index (χ4n) is 4.01. The number of hydrogen-bond donors (Lipinski definition) is 3. The number of anilines is 1. The van der Waals surface area contributed by atoms with E-state index < -0.39 is 5.60 Å². The summed E-state index contributed by atoms with van der Waals surface area (Å²) in [5, 5.41) is 23.7. The normalized spacial score (nSPS) is 26.1. The topological polar surface area (TPSA) is 81.5 Å². The summed E-state index contributed by atoms with van der Waals surface area (Å²) in [6, 6.07) is 6.23. The van der Waals surface area contributed by atoms with Gasteiger partial charge in [-0.15, -0.1) is 0 Å². The lowest BCUT2D eigenvalue weighted by Crippen LogP contribution is -2.49. The average molecular weight is 403 g/mol. The third-order valence-corrected chi connectivity index (χ3v) is 5.94. The van der Waals surface area contributed by atoms with Gasteiger partial charge in [0.05, 0.1) is 17.4 Å². The van der Waals surface area contributed by atoms with Crippen LogP contribution in [-0.2, 0) is 6.54 Å². The van der Waals surface area contributed by atoms with Gasteiger partial charge in [-0.1, -0.05) is 11.6 Å². The second-order valence-corrected chi connectivity index (χ2v) is 8.75. The molecule has 0 spiro atoms. The minimum absolute atomic E-state index is 0.200. The first-order chi connectivity index (χ1) is 13.4. The first kappa shape index (κ1) is 19.6. The number of aromatic nitrogens is 2. The van der Waals surface area contributed by atoms with Crippen LogP contribution in [0.2, 0.25) is 5.15 Å². The van der Waals surface area contributed by atoms with Gasteiger partial charge in [0.2, 0.25) is 0 Å². The van der Waals surface area contributed by atoms with Gasteiger partial charge in [-0.2, -0.15) is 0 Å². The van der Waals surface area contributed by atoms with Crippen molar-refractivity contribution in [1.29, 1.82) is 0 Å². The van der Waals surface area contributed by atoms with E-state index in [0.717, 1.165) is 67.8 Å². The van der Waals surface area contributed by atoms with Gasteiger partial charge in [0.15, 0.2) is 0 Å². The van der Waals surface area contributed by atoms with Crippen LogP contribution in [-0.4, -0.2) is 55.9 Å². The summed E-state index contributed by atoms with van der Waals surface area (Å²) in [6.45, 7) is 4.15. The van der Waals surface area contributed by atoms with E-state index in [0.29, 0.717) is 11.2 Å². The number of likely N-dealkylation sites (tertiary alicyclic amines) is 1. The van der Waals surface area contributed by atoms with Crippen LogP contribution in [0.15, 0.2) is 30.6 Å². The monoisotopic (exact) mass is 402 g/mol. The number of nitrogens with zero attached hydrogens (tertiary/aromatic N) is 3. The summed E-state index contributed by atoms with van der Waals surface area (Å²) in [4.78, 5) is 11.0. The molecule has 150 valence electrons. The molecule has 2 aromatic heterocycles. The molecule has 3 N–H and O–H groups in total. The number of aliphatic hydroxyl groups is 2. The molecule has 7 heteroatoms. The van der Waals surface area contributed by atoms with Gasteiger partial charge < -0.3 is 15.5 Å². The first-order valence-electron chi connectivity index (χ1n) is 9.88. The van der Waals surface area contributed by atoms with Crippen LogP contribution in [0.25, 0.3) is 11.3 Å². The van der Waals surface area contributed by atoms with Gasteiger partial charge in [-0.05, 0) is 56.4 Å². The Morgan fingerprint density at radius 1 is 1.25 bits per heavy atom. The highest BCUT2D eigenvalue weighted by atomic mass is 35.5. The lowest BCUT2D eigenvalue weighted by Gasteiger charge is -2.35. The van der Waals surface area contributed by atoms with Gasteiger partial charge in [0.25, 0.3) is 0 Å². The molecule has 0 amide bonds. The Kier molecular flexibility index (Phi) is 5.56. The molecule has 6 nitrogen and oxygen atoms in total. The van der Waals surface area contributed by atoms with Gasteiger partial charge >= 0.3 is 0 Å². The molecule has 0 bridgehead atoms. The molecule has 1 aliphatic heterocycles. The summed E-state index contributed by atoms with van der Waals surface area (Å²) in [5.74, 6) is 0. The Bertz CT molecular complexity index is 829. The lowest BCUT2D eigenvalue weighted by molar-refractivity contribution is -0.00287. The zero-order valence-corrected chi connectivity index (χ0v) is 16.9. The maximum Gasteiger partial charge on any atom is 0.131 e. The Balaban J connectivity index is 1.53. The van der Waals surface area contributed by atoms with E-state index in [4.69, 9.17) is 11.6 Å². The van der Waals surface area contributed by atoms with Crippen LogP contribution in [0.4, 0.5) is 5.69 Å². The van der Waals surface area contributed by atoms with E-state index in [9.17, 15) is 10.2 Å². The molecule has 28 heavy (non-hydrogen) atoms. The van der Waals surface area contributed by atoms with Crippen LogP contribution >= 0.6 is 11.6 Å². The Morgan fingerprint density at radius 2 is 2.00 bits per heavy atom. The number of aliphatic hydroxyl groups excluding tert-OH is 1. The summed E-state index contributed by atoms with van der Waals surface area (Å²) >= 11 is 6.17.